The van der Waals surface area contributed by atoms with Crippen LogP contribution in [-0.4, -0.2) is 11.9 Å². The number of benzene rings is 1. The Balaban J connectivity index is 1.72. The van der Waals surface area contributed by atoms with Crippen LogP contribution in [0.3, 0.4) is 0 Å². The number of rotatable bonds is 3. The van der Waals surface area contributed by atoms with Gasteiger partial charge >= 0.3 is 6.18 Å². The predicted octanol–water partition coefficient (Wildman–Crippen LogP) is 4.26. The van der Waals surface area contributed by atoms with E-state index < -0.39 is 17.6 Å². The molecule has 2 saturated carbocycles. The fraction of sp³-hybridized carbons (Fsp3) is 0.588. The molecule has 2 aliphatic carbocycles. The molecule has 0 spiro atoms. The van der Waals surface area contributed by atoms with Crippen molar-refractivity contribution in [2.75, 3.05) is 0 Å². The van der Waals surface area contributed by atoms with Crippen LogP contribution in [0.25, 0.3) is 0 Å². The molecule has 1 N–H and O–H groups in total. The summed E-state index contributed by atoms with van der Waals surface area (Å²) in [5, 5.41) is 2.80. The first-order valence-electron chi connectivity index (χ1n) is 7.83. The van der Waals surface area contributed by atoms with Crippen molar-refractivity contribution in [3.05, 3.63) is 35.4 Å². The topological polar surface area (TPSA) is 29.1 Å². The lowest BCUT2D eigenvalue weighted by atomic mass is 9.84. The fourth-order valence-corrected chi connectivity index (χ4v) is 4.23. The predicted molar refractivity (Wildman–Crippen MR) is 77.3 cm³/mol. The Bertz CT molecular complexity index is 569. The molecule has 0 heterocycles. The number of halogens is 3. The van der Waals surface area contributed by atoms with Crippen LogP contribution in [0.1, 0.15) is 48.5 Å². The summed E-state index contributed by atoms with van der Waals surface area (Å²) in [6.45, 7) is 1.92. The largest absolute Gasteiger partial charge is 0.417 e. The molecule has 0 aromatic heterocycles. The molecule has 22 heavy (non-hydrogen) atoms. The van der Waals surface area contributed by atoms with E-state index in [0.717, 1.165) is 18.4 Å². The standard InChI is InChI=1S/C17H20F3NO/c1-10(14-9-11-6-7-12(14)8-11)21-16(22)13-4-2-3-5-15(13)17(18,19)20/h2-5,10-12,14H,6-9H2,1H3,(H,21,22)/t10-,11+,12+,14-/m1/s1. The number of carbonyl (C=O) groups excluding carboxylic acids is 1. The van der Waals surface area contributed by atoms with Gasteiger partial charge in [-0.15, -0.1) is 0 Å². The van der Waals surface area contributed by atoms with Crippen molar-refractivity contribution in [2.45, 2.75) is 44.8 Å². The molecule has 1 aromatic rings. The molecule has 0 unspecified atom stereocenters. The number of alkyl halides is 3. The first-order chi connectivity index (χ1) is 10.4. The van der Waals surface area contributed by atoms with Crippen molar-refractivity contribution >= 4 is 5.91 Å². The molecule has 2 nitrogen and oxygen atoms in total. The van der Waals surface area contributed by atoms with E-state index in [0.29, 0.717) is 11.8 Å². The van der Waals surface area contributed by atoms with Gasteiger partial charge < -0.3 is 5.32 Å². The lowest BCUT2D eigenvalue weighted by Crippen LogP contribution is -2.40. The summed E-state index contributed by atoms with van der Waals surface area (Å²) in [5.74, 6) is 1.15. The zero-order valence-corrected chi connectivity index (χ0v) is 12.5. The summed E-state index contributed by atoms with van der Waals surface area (Å²) in [6.07, 6.45) is 0.244. The van der Waals surface area contributed by atoms with Crippen LogP contribution in [0.5, 0.6) is 0 Å². The molecule has 0 aliphatic heterocycles. The van der Waals surface area contributed by atoms with Gasteiger partial charge in [-0.3, -0.25) is 4.79 Å². The monoisotopic (exact) mass is 311 g/mol. The highest BCUT2D eigenvalue weighted by Crippen LogP contribution is 2.49. The van der Waals surface area contributed by atoms with Gasteiger partial charge in [0.05, 0.1) is 11.1 Å². The highest BCUT2D eigenvalue weighted by Gasteiger charge is 2.42. The molecule has 0 saturated heterocycles. The highest BCUT2D eigenvalue weighted by molar-refractivity contribution is 5.96. The van der Waals surface area contributed by atoms with E-state index in [1.165, 1.54) is 37.5 Å². The van der Waals surface area contributed by atoms with Crippen LogP contribution in [-0.2, 0) is 6.18 Å². The van der Waals surface area contributed by atoms with E-state index in [1.807, 2.05) is 6.92 Å². The average molecular weight is 311 g/mol. The minimum absolute atomic E-state index is 0.0795. The van der Waals surface area contributed by atoms with Gasteiger partial charge in [0.25, 0.3) is 5.91 Å². The summed E-state index contributed by atoms with van der Waals surface area (Å²) in [6, 6.07) is 4.89. The highest BCUT2D eigenvalue weighted by atomic mass is 19.4. The van der Waals surface area contributed by atoms with Crippen LogP contribution < -0.4 is 5.32 Å². The van der Waals surface area contributed by atoms with Crippen molar-refractivity contribution in [2.24, 2.45) is 17.8 Å². The molecule has 0 radical (unpaired) electrons. The molecular weight excluding hydrogens is 291 g/mol. The van der Waals surface area contributed by atoms with Gasteiger partial charge in [-0.05, 0) is 56.1 Å². The normalized spacial score (nSPS) is 28.6. The number of carbonyl (C=O) groups is 1. The van der Waals surface area contributed by atoms with Crippen LogP contribution in [0.2, 0.25) is 0 Å². The van der Waals surface area contributed by atoms with Crippen molar-refractivity contribution in [3.8, 4) is 0 Å². The summed E-state index contributed by atoms with van der Waals surface area (Å²) in [7, 11) is 0. The van der Waals surface area contributed by atoms with Crippen molar-refractivity contribution in [1.29, 1.82) is 0 Å². The molecule has 2 aliphatic rings. The van der Waals surface area contributed by atoms with Crippen molar-refractivity contribution in [1.82, 2.24) is 5.32 Å². The Morgan fingerprint density at radius 1 is 1.23 bits per heavy atom. The van der Waals surface area contributed by atoms with Crippen LogP contribution >= 0.6 is 0 Å². The zero-order valence-electron chi connectivity index (χ0n) is 12.5. The maximum absolute atomic E-state index is 13.0. The summed E-state index contributed by atoms with van der Waals surface area (Å²) >= 11 is 0. The smallest absolute Gasteiger partial charge is 0.349 e. The second kappa shape index (κ2) is 5.60. The Hall–Kier alpha value is -1.52. The number of nitrogens with one attached hydrogen (secondary N) is 1. The maximum atomic E-state index is 13.0. The fourth-order valence-electron chi connectivity index (χ4n) is 4.23. The molecule has 3 rings (SSSR count). The third-order valence-electron chi connectivity index (χ3n) is 5.27. The van der Waals surface area contributed by atoms with E-state index >= 15 is 0 Å². The second-order valence-electron chi connectivity index (χ2n) is 6.64. The molecule has 2 fully saturated rings. The third-order valence-corrected chi connectivity index (χ3v) is 5.27. The van der Waals surface area contributed by atoms with Gasteiger partial charge in [0.2, 0.25) is 0 Å². The molecule has 120 valence electrons. The van der Waals surface area contributed by atoms with Crippen molar-refractivity contribution < 1.29 is 18.0 Å². The van der Waals surface area contributed by atoms with Crippen LogP contribution in [0.4, 0.5) is 13.2 Å². The lowest BCUT2D eigenvalue weighted by Gasteiger charge is -2.28. The van der Waals surface area contributed by atoms with Gasteiger partial charge in [-0.2, -0.15) is 13.2 Å². The van der Waals surface area contributed by atoms with Gasteiger partial charge in [-0.25, -0.2) is 0 Å². The van der Waals surface area contributed by atoms with Crippen LogP contribution in [0, 0.1) is 17.8 Å². The molecular formula is C17H20F3NO. The minimum Gasteiger partial charge on any atom is -0.349 e. The number of fused-ring (bicyclic) bond motifs is 2. The van der Waals surface area contributed by atoms with E-state index in [9.17, 15) is 18.0 Å². The zero-order chi connectivity index (χ0) is 15.9. The number of hydrogen-bond donors (Lipinski definition) is 1. The maximum Gasteiger partial charge on any atom is 0.417 e. The van der Waals surface area contributed by atoms with Gasteiger partial charge in [0.15, 0.2) is 0 Å². The summed E-state index contributed by atoms with van der Waals surface area (Å²) in [4.78, 5) is 12.3. The van der Waals surface area contributed by atoms with Crippen LogP contribution in [0.15, 0.2) is 24.3 Å². The quantitative estimate of drug-likeness (QED) is 0.888. The third kappa shape index (κ3) is 2.85. The van der Waals surface area contributed by atoms with Crippen molar-refractivity contribution in [3.63, 3.8) is 0 Å². The molecule has 1 amide bonds. The van der Waals surface area contributed by atoms with Gasteiger partial charge in [0.1, 0.15) is 0 Å². The van der Waals surface area contributed by atoms with E-state index in [1.54, 1.807) is 0 Å². The van der Waals surface area contributed by atoms with E-state index in [2.05, 4.69) is 5.32 Å². The SMILES string of the molecule is C[C@@H](NC(=O)c1ccccc1C(F)(F)F)[C@H]1C[C@H]2CC[C@H]1C2. The summed E-state index contributed by atoms with van der Waals surface area (Å²) in [5.41, 5.74) is -1.15. The first kappa shape index (κ1) is 15.4. The average Bonchev–Trinajstić information content (AvgIpc) is 3.09. The number of hydrogen-bond acceptors (Lipinski definition) is 1. The summed E-state index contributed by atoms with van der Waals surface area (Å²) < 4.78 is 39.0. The molecule has 1 aromatic carbocycles. The van der Waals surface area contributed by atoms with Gasteiger partial charge in [0, 0.05) is 6.04 Å². The van der Waals surface area contributed by atoms with E-state index in [4.69, 9.17) is 0 Å². The van der Waals surface area contributed by atoms with Gasteiger partial charge in [-0.1, -0.05) is 18.6 Å². The molecule has 4 atom stereocenters. The van der Waals surface area contributed by atoms with E-state index in [-0.39, 0.29) is 11.6 Å². The Morgan fingerprint density at radius 3 is 2.55 bits per heavy atom. The molecule has 5 heteroatoms. The Morgan fingerprint density at radius 2 is 1.95 bits per heavy atom. The lowest BCUT2D eigenvalue weighted by molar-refractivity contribution is -0.137. The molecule has 2 bridgehead atoms. The first-order valence-corrected chi connectivity index (χ1v) is 7.83. The second-order valence-corrected chi connectivity index (χ2v) is 6.64. The number of amides is 1. The Labute approximate surface area is 128 Å². The minimum atomic E-state index is -4.51. The Kier molecular flexibility index (Phi) is 3.91.